The van der Waals surface area contributed by atoms with E-state index in [2.05, 4.69) is 37.3 Å². The number of rotatable bonds is 3. The van der Waals surface area contributed by atoms with Crippen molar-refractivity contribution < 1.29 is 4.74 Å². The highest BCUT2D eigenvalue weighted by Crippen LogP contribution is 2.32. The van der Waals surface area contributed by atoms with Gasteiger partial charge in [0.25, 0.3) is 0 Å². The molecule has 1 heteroatoms. The monoisotopic (exact) mass is 202 g/mol. The molecule has 2 rings (SSSR count). The van der Waals surface area contributed by atoms with E-state index in [9.17, 15) is 0 Å². The number of benzene rings is 1. The maximum Gasteiger partial charge on any atom is 0.119 e. The molecule has 1 atom stereocenters. The number of fused-ring (bicyclic) bond motifs is 1. The van der Waals surface area contributed by atoms with Crippen LogP contribution in [0.4, 0.5) is 0 Å². The van der Waals surface area contributed by atoms with Crippen LogP contribution in [0.3, 0.4) is 0 Å². The average Bonchev–Trinajstić information content (AvgIpc) is 2.29. The van der Waals surface area contributed by atoms with Crippen LogP contribution in [0, 0.1) is 0 Å². The molecule has 0 N–H and O–H groups in total. The third-order valence-electron chi connectivity index (χ3n) is 3.06. The zero-order chi connectivity index (χ0) is 10.7. The molecule has 0 aromatic heterocycles. The van der Waals surface area contributed by atoms with Crippen molar-refractivity contribution in [3.63, 3.8) is 0 Å². The lowest BCUT2D eigenvalue weighted by Gasteiger charge is -2.21. The maximum absolute atomic E-state index is 5.25. The van der Waals surface area contributed by atoms with E-state index in [0.29, 0.717) is 5.92 Å². The molecule has 0 heterocycles. The molecule has 0 aliphatic heterocycles. The minimum Gasteiger partial charge on any atom is -0.497 e. The molecule has 1 nitrogen and oxygen atoms in total. The first-order valence-corrected chi connectivity index (χ1v) is 5.68. The zero-order valence-corrected chi connectivity index (χ0v) is 9.49. The van der Waals surface area contributed by atoms with Gasteiger partial charge in [0.05, 0.1) is 7.11 Å². The van der Waals surface area contributed by atoms with Crippen LogP contribution >= 0.6 is 0 Å². The van der Waals surface area contributed by atoms with Crippen LogP contribution in [0.15, 0.2) is 30.4 Å². The topological polar surface area (TPSA) is 9.23 Å². The molecule has 0 fully saturated rings. The lowest BCUT2D eigenvalue weighted by molar-refractivity contribution is 0.414. The smallest absolute Gasteiger partial charge is 0.119 e. The SMILES string of the molecule is CCCC1C=CCc2cc(OC)ccc21. The van der Waals surface area contributed by atoms with E-state index < -0.39 is 0 Å². The Morgan fingerprint density at radius 2 is 2.27 bits per heavy atom. The van der Waals surface area contributed by atoms with Crippen LogP contribution in [0.1, 0.15) is 36.8 Å². The minimum atomic E-state index is 0.615. The van der Waals surface area contributed by atoms with Crippen LogP contribution in [-0.4, -0.2) is 7.11 Å². The predicted molar refractivity (Wildman–Crippen MR) is 63.5 cm³/mol. The Morgan fingerprint density at radius 1 is 1.40 bits per heavy atom. The molecule has 1 aromatic carbocycles. The second-order valence-corrected chi connectivity index (χ2v) is 4.09. The van der Waals surface area contributed by atoms with Gasteiger partial charge in [0.1, 0.15) is 5.75 Å². The van der Waals surface area contributed by atoms with Gasteiger partial charge in [-0.2, -0.15) is 0 Å². The molecule has 0 radical (unpaired) electrons. The summed E-state index contributed by atoms with van der Waals surface area (Å²) < 4.78 is 5.25. The van der Waals surface area contributed by atoms with Crippen molar-refractivity contribution >= 4 is 0 Å². The van der Waals surface area contributed by atoms with Crippen LogP contribution in [0.2, 0.25) is 0 Å². The summed E-state index contributed by atoms with van der Waals surface area (Å²) in [5.74, 6) is 1.59. The van der Waals surface area contributed by atoms with Gasteiger partial charge in [-0.3, -0.25) is 0 Å². The first-order valence-electron chi connectivity index (χ1n) is 5.68. The number of ether oxygens (including phenoxy) is 1. The van der Waals surface area contributed by atoms with Gasteiger partial charge in [0.15, 0.2) is 0 Å². The van der Waals surface area contributed by atoms with Crippen molar-refractivity contribution in [2.75, 3.05) is 7.11 Å². The first-order chi connectivity index (χ1) is 7.35. The molecule has 0 saturated heterocycles. The van der Waals surface area contributed by atoms with Crippen molar-refractivity contribution in [3.05, 3.63) is 41.5 Å². The Balaban J connectivity index is 2.31. The molecule has 1 aliphatic rings. The van der Waals surface area contributed by atoms with E-state index >= 15 is 0 Å². The molecular weight excluding hydrogens is 184 g/mol. The molecule has 80 valence electrons. The highest BCUT2D eigenvalue weighted by Gasteiger charge is 2.15. The van der Waals surface area contributed by atoms with Crippen LogP contribution in [0.5, 0.6) is 5.75 Å². The summed E-state index contributed by atoms with van der Waals surface area (Å²) in [6, 6.07) is 6.46. The van der Waals surface area contributed by atoms with E-state index in [1.807, 2.05) is 0 Å². The van der Waals surface area contributed by atoms with Crippen LogP contribution in [-0.2, 0) is 6.42 Å². The van der Waals surface area contributed by atoms with E-state index in [1.165, 1.54) is 24.0 Å². The summed E-state index contributed by atoms with van der Waals surface area (Å²) in [6.07, 6.45) is 8.16. The normalized spacial score (nSPS) is 18.7. The Hall–Kier alpha value is -1.24. The third kappa shape index (κ3) is 2.06. The Labute approximate surface area is 91.8 Å². The largest absolute Gasteiger partial charge is 0.497 e. The van der Waals surface area contributed by atoms with Gasteiger partial charge in [-0.15, -0.1) is 0 Å². The average molecular weight is 202 g/mol. The summed E-state index contributed by atoms with van der Waals surface area (Å²) in [7, 11) is 1.73. The molecule has 1 aromatic rings. The molecule has 0 bridgehead atoms. The fourth-order valence-corrected chi connectivity index (χ4v) is 2.27. The quantitative estimate of drug-likeness (QED) is 0.679. The maximum atomic E-state index is 5.25. The fraction of sp³-hybridized carbons (Fsp3) is 0.429. The van der Waals surface area contributed by atoms with Gasteiger partial charge in [0, 0.05) is 5.92 Å². The van der Waals surface area contributed by atoms with E-state index in [4.69, 9.17) is 4.74 Å². The van der Waals surface area contributed by atoms with Crippen molar-refractivity contribution in [3.8, 4) is 5.75 Å². The highest BCUT2D eigenvalue weighted by atomic mass is 16.5. The van der Waals surface area contributed by atoms with Crippen molar-refractivity contribution in [2.24, 2.45) is 0 Å². The van der Waals surface area contributed by atoms with Gasteiger partial charge in [0.2, 0.25) is 0 Å². The fourth-order valence-electron chi connectivity index (χ4n) is 2.27. The predicted octanol–water partition coefficient (Wildman–Crippen LogP) is 3.69. The zero-order valence-electron chi connectivity index (χ0n) is 9.49. The highest BCUT2D eigenvalue weighted by molar-refractivity contribution is 5.42. The molecule has 1 unspecified atom stereocenters. The Bertz CT molecular complexity index is 366. The second-order valence-electron chi connectivity index (χ2n) is 4.09. The molecule has 1 aliphatic carbocycles. The lowest BCUT2D eigenvalue weighted by Crippen LogP contribution is -2.05. The standard InChI is InChI=1S/C14H18O/c1-3-5-11-6-4-7-12-10-13(15-2)8-9-14(11)12/h4,6,8-11H,3,5,7H2,1-2H3. The Morgan fingerprint density at radius 3 is 3.00 bits per heavy atom. The summed E-state index contributed by atoms with van der Waals surface area (Å²) in [4.78, 5) is 0. The lowest BCUT2D eigenvalue weighted by atomic mass is 9.85. The van der Waals surface area contributed by atoms with Gasteiger partial charge >= 0.3 is 0 Å². The molecule has 0 amide bonds. The van der Waals surface area contributed by atoms with Crippen LogP contribution in [0.25, 0.3) is 0 Å². The van der Waals surface area contributed by atoms with Gasteiger partial charge in [-0.05, 0) is 36.1 Å². The second kappa shape index (κ2) is 4.52. The van der Waals surface area contributed by atoms with Crippen molar-refractivity contribution in [2.45, 2.75) is 32.1 Å². The van der Waals surface area contributed by atoms with E-state index in [1.54, 1.807) is 7.11 Å². The molecule has 15 heavy (non-hydrogen) atoms. The van der Waals surface area contributed by atoms with Crippen molar-refractivity contribution in [1.82, 2.24) is 0 Å². The van der Waals surface area contributed by atoms with Gasteiger partial charge in [-0.1, -0.05) is 31.6 Å². The molecule has 0 saturated carbocycles. The minimum absolute atomic E-state index is 0.615. The van der Waals surface area contributed by atoms with E-state index in [0.717, 1.165) is 12.2 Å². The summed E-state index contributed by atoms with van der Waals surface area (Å²) in [6.45, 7) is 2.24. The molecule has 0 spiro atoms. The van der Waals surface area contributed by atoms with Crippen LogP contribution < -0.4 is 4.74 Å². The van der Waals surface area contributed by atoms with Crippen molar-refractivity contribution in [1.29, 1.82) is 0 Å². The number of methoxy groups -OCH3 is 1. The number of hydrogen-bond acceptors (Lipinski definition) is 1. The number of hydrogen-bond donors (Lipinski definition) is 0. The number of allylic oxidation sites excluding steroid dienone is 2. The van der Waals surface area contributed by atoms with Gasteiger partial charge < -0.3 is 4.74 Å². The summed E-state index contributed by atoms with van der Waals surface area (Å²) in [5, 5.41) is 0. The van der Waals surface area contributed by atoms with Gasteiger partial charge in [-0.25, -0.2) is 0 Å². The Kier molecular flexibility index (Phi) is 3.10. The van der Waals surface area contributed by atoms with E-state index in [-0.39, 0.29) is 0 Å². The third-order valence-corrected chi connectivity index (χ3v) is 3.06. The summed E-state index contributed by atoms with van der Waals surface area (Å²) in [5.41, 5.74) is 2.91. The molecular formula is C14H18O. The first kappa shape index (κ1) is 10.3. The summed E-state index contributed by atoms with van der Waals surface area (Å²) >= 11 is 0.